The lowest BCUT2D eigenvalue weighted by molar-refractivity contribution is -0.0561. The van der Waals surface area contributed by atoms with Crippen LogP contribution in [0.2, 0.25) is 0 Å². The topological polar surface area (TPSA) is 6.48 Å². The van der Waals surface area contributed by atoms with Gasteiger partial charge in [0.2, 0.25) is 0 Å². The van der Waals surface area contributed by atoms with E-state index < -0.39 is 0 Å². The van der Waals surface area contributed by atoms with Gasteiger partial charge in [-0.15, -0.1) is 13.2 Å². The molecule has 1 saturated heterocycles. The maximum absolute atomic E-state index is 3.96. The van der Waals surface area contributed by atoms with E-state index in [9.17, 15) is 0 Å². The number of unbranched alkanes of at least 4 members (excludes halogenated alkanes) is 1. The first-order chi connectivity index (χ1) is 9.78. The fourth-order valence-electron chi connectivity index (χ4n) is 4.10. The van der Waals surface area contributed by atoms with Gasteiger partial charge in [-0.05, 0) is 53.5 Å². The third-order valence-corrected chi connectivity index (χ3v) is 4.92. The summed E-state index contributed by atoms with van der Waals surface area (Å²) in [5.41, 5.74) is 0.429. The molecular formula is C19H36N2. The van der Waals surface area contributed by atoms with Crippen LogP contribution in [0.3, 0.4) is 0 Å². The van der Waals surface area contributed by atoms with Crippen LogP contribution in [0.5, 0.6) is 0 Å². The molecule has 122 valence electrons. The average molecular weight is 293 g/mol. The Kier molecular flexibility index (Phi) is 6.68. The molecular weight excluding hydrogens is 256 g/mol. The number of hydrogen-bond donors (Lipinski definition) is 0. The third kappa shape index (κ3) is 4.69. The molecule has 0 aromatic carbocycles. The van der Waals surface area contributed by atoms with Gasteiger partial charge in [0.25, 0.3) is 0 Å². The molecule has 21 heavy (non-hydrogen) atoms. The fourth-order valence-corrected chi connectivity index (χ4v) is 4.10. The first-order valence-corrected chi connectivity index (χ1v) is 8.52. The molecule has 0 amide bonds. The standard InChI is InChI=1S/C19H36N2/c1-8-11-14-20(12-9-2)17-15-18(4,5)21(13-10-3)19(6,7)16-17/h9-10,17H,2-3,8,11-16H2,1,4-7H3. The summed E-state index contributed by atoms with van der Waals surface area (Å²) in [6.45, 7) is 22.9. The lowest BCUT2D eigenvalue weighted by Crippen LogP contribution is -2.64. The highest BCUT2D eigenvalue weighted by Crippen LogP contribution is 2.40. The Balaban J connectivity index is 2.91. The van der Waals surface area contributed by atoms with Crippen molar-refractivity contribution in [1.29, 1.82) is 0 Å². The Bertz CT molecular complexity index is 325. The Morgan fingerprint density at radius 1 is 1.10 bits per heavy atom. The van der Waals surface area contributed by atoms with Gasteiger partial charge in [0.1, 0.15) is 0 Å². The van der Waals surface area contributed by atoms with Crippen molar-refractivity contribution in [2.24, 2.45) is 0 Å². The molecule has 0 aliphatic carbocycles. The second-order valence-corrected chi connectivity index (χ2v) is 7.72. The van der Waals surface area contributed by atoms with Crippen LogP contribution in [-0.4, -0.2) is 46.6 Å². The zero-order valence-electron chi connectivity index (χ0n) is 15.0. The molecule has 2 heteroatoms. The minimum atomic E-state index is 0.215. The lowest BCUT2D eigenvalue weighted by atomic mass is 9.76. The van der Waals surface area contributed by atoms with Gasteiger partial charge in [0.05, 0.1) is 0 Å². The minimum Gasteiger partial charge on any atom is -0.297 e. The molecule has 0 aromatic rings. The summed E-state index contributed by atoms with van der Waals surface area (Å²) in [6, 6.07) is 0.653. The molecule has 1 fully saturated rings. The van der Waals surface area contributed by atoms with E-state index >= 15 is 0 Å². The average Bonchev–Trinajstić information content (AvgIpc) is 2.37. The molecule has 1 rings (SSSR count). The normalized spacial score (nSPS) is 22.4. The van der Waals surface area contributed by atoms with Crippen molar-refractivity contribution in [1.82, 2.24) is 9.80 Å². The van der Waals surface area contributed by atoms with Gasteiger partial charge < -0.3 is 0 Å². The highest BCUT2D eigenvalue weighted by molar-refractivity contribution is 5.04. The number of rotatable bonds is 8. The molecule has 0 spiro atoms. The number of likely N-dealkylation sites (tertiary alicyclic amines) is 1. The van der Waals surface area contributed by atoms with Gasteiger partial charge in [-0.1, -0.05) is 25.5 Å². The van der Waals surface area contributed by atoms with Crippen molar-refractivity contribution < 1.29 is 0 Å². The van der Waals surface area contributed by atoms with Gasteiger partial charge >= 0.3 is 0 Å². The van der Waals surface area contributed by atoms with Crippen molar-refractivity contribution in [3.8, 4) is 0 Å². The van der Waals surface area contributed by atoms with Crippen LogP contribution in [-0.2, 0) is 0 Å². The van der Waals surface area contributed by atoms with Crippen molar-refractivity contribution >= 4 is 0 Å². The summed E-state index contributed by atoms with van der Waals surface area (Å²) in [4.78, 5) is 5.26. The highest BCUT2D eigenvalue weighted by atomic mass is 15.3. The second-order valence-electron chi connectivity index (χ2n) is 7.72. The summed E-state index contributed by atoms with van der Waals surface area (Å²) >= 11 is 0. The number of piperidine rings is 1. The third-order valence-electron chi connectivity index (χ3n) is 4.92. The largest absolute Gasteiger partial charge is 0.297 e. The van der Waals surface area contributed by atoms with Crippen LogP contribution < -0.4 is 0 Å². The quantitative estimate of drug-likeness (QED) is 0.609. The maximum atomic E-state index is 3.96. The van der Waals surface area contributed by atoms with E-state index in [1.807, 2.05) is 6.08 Å². The van der Waals surface area contributed by atoms with E-state index in [2.05, 4.69) is 63.7 Å². The van der Waals surface area contributed by atoms with Crippen LogP contribution in [0.25, 0.3) is 0 Å². The SMILES string of the molecule is C=CCN(CCCC)C1CC(C)(C)N(CC=C)C(C)(C)C1. The summed E-state index contributed by atoms with van der Waals surface area (Å²) in [5, 5.41) is 0. The molecule has 0 atom stereocenters. The molecule has 0 saturated carbocycles. The van der Waals surface area contributed by atoms with Gasteiger partial charge in [-0.2, -0.15) is 0 Å². The summed E-state index contributed by atoms with van der Waals surface area (Å²) < 4.78 is 0. The molecule has 0 radical (unpaired) electrons. The predicted octanol–water partition coefficient (Wildman–Crippen LogP) is 4.48. The Morgan fingerprint density at radius 2 is 1.67 bits per heavy atom. The predicted molar refractivity (Wildman–Crippen MR) is 94.8 cm³/mol. The van der Waals surface area contributed by atoms with Crippen molar-refractivity contribution in [2.75, 3.05) is 19.6 Å². The Morgan fingerprint density at radius 3 is 2.10 bits per heavy atom. The summed E-state index contributed by atoms with van der Waals surface area (Å²) in [7, 11) is 0. The molecule has 1 aliphatic rings. The van der Waals surface area contributed by atoms with Crippen LogP contribution in [0.15, 0.2) is 25.3 Å². The van der Waals surface area contributed by atoms with Crippen molar-refractivity contribution in [2.45, 2.75) is 77.4 Å². The summed E-state index contributed by atoms with van der Waals surface area (Å²) in [6.07, 6.45) is 9.09. The fraction of sp³-hybridized carbons (Fsp3) is 0.789. The van der Waals surface area contributed by atoms with Gasteiger partial charge in [-0.3, -0.25) is 9.80 Å². The monoisotopic (exact) mass is 292 g/mol. The Hall–Kier alpha value is -0.600. The molecule has 0 bridgehead atoms. The molecule has 0 N–H and O–H groups in total. The second kappa shape index (κ2) is 7.60. The van der Waals surface area contributed by atoms with E-state index in [1.165, 1.54) is 32.2 Å². The molecule has 0 unspecified atom stereocenters. The number of hydrogen-bond acceptors (Lipinski definition) is 2. The maximum Gasteiger partial charge on any atom is 0.0176 e. The van der Waals surface area contributed by atoms with Crippen LogP contribution in [0, 0.1) is 0 Å². The van der Waals surface area contributed by atoms with E-state index in [4.69, 9.17) is 0 Å². The van der Waals surface area contributed by atoms with E-state index in [0.29, 0.717) is 6.04 Å². The first-order valence-electron chi connectivity index (χ1n) is 8.52. The van der Waals surface area contributed by atoms with Crippen LogP contribution in [0.1, 0.15) is 60.3 Å². The molecule has 0 aromatic heterocycles. The van der Waals surface area contributed by atoms with E-state index in [-0.39, 0.29) is 11.1 Å². The molecule has 2 nitrogen and oxygen atoms in total. The van der Waals surface area contributed by atoms with Crippen molar-refractivity contribution in [3.05, 3.63) is 25.3 Å². The lowest BCUT2D eigenvalue weighted by Gasteiger charge is -2.57. The molecule has 1 heterocycles. The number of nitrogens with zero attached hydrogens (tertiary/aromatic N) is 2. The minimum absolute atomic E-state index is 0.215. The zero-order valence-corrected chi connectivity index (χ0v) is 15.0. The van der Waals surface area contributed by atoms with Crippen molar-refractivity contribution in [3.63, 3.8) is 0 Å². The smallest absolute Gasteiger partial charge is 0.0176 e. The van der Waals surface area contributed by atoms with E-state index in [0.717, 1.165) is 13.1 Å². The summed E-state index contributed by atoms with van der Waals surface area (Å²) in [5.74, 6) is 0. The van der Waals surface area contributed by atoms with E-state index in [1.54, 1.807) is 0 Å². The van der Waals surface area contributed by atoms with Crippen LogP contribution >= 0.6 is 0 Å². The van der Waals surface area contributed by atoms with Gasteiger partial charge in [-0.25, -0.2) is 0 Å². The first kappa shape index (κ1) is 18.4. The van der Waals surface area contributed by atoms with Gasteiger partial charge in [0, 0.05) is 30.2 Å². The molecule has 1 aliphatic heterocycles. The van der Waals surface area contributed by atoms with Gasteiger partial charge in [0.15, 0.2) is 0 Å². The highest BCUT2D eigenvalue weighted by Gasteiger charge is 2.45. The van der Waals surface area contributed by atoms with Crippen LogP contribution in [0.4, 0.5) is 0 Å². The zero-order chi connectivity index (χ0) is 16.1. The Labute approximate surface area is 132 Å².